The lowest BCUT2D eigenvalue weighted by atomic mass is 10.0. The summed E-state index contributed by atoms with van der Waals surface area (Å²) in [5.74, 6) is 1.98. The molecule has 1 rings (SSSR count). The fraction of sp³-hybridized carbons (Fsp3) is 0.571. The number of rotatable bonds is 6. The fourth-order valence-electron chi connectivity index (χ4n) is 1.95. The molecule has 2 nitrogen and oxygen atoms in total. The van der Waals surface area contributed by atoms with E-state index in [1.807, 2.05) is 0 Å². The van der Waals surface area contributed by atoms with Crippen LogP contribution in [0, 0.1) is 0 Å². The second-order valence-corrected chi connectivity index (χ2v) is 3.98. The normalized spacial score (nSPS) is 10.2. The van der Waals surface area contributed by atoms with Gasteiger partial charge in [-0.05, 0) is 36.1 Å². The predicted octanol–water partition coefficient (Wildman–Crippen LogP) is 3.61. The lowest BCUT2D eigenvalue weighted by Gasteiger charge is -2.14. The van der Waals surface area contributed by atoms with Gasteiger partial charge in [0.25, 0.3) is 0 Å². The van der Waals surface area contributed by atoms with Crippen molar-refractivity contribution in [2.75, 3.05) is 14.2 Å². The van der Waals surface area contributed by atoms with E-state index in [2.05, 4.69) is 26.0 Å². The molecule has 0 radical (unpaired) electrons. The molecule has 0 aliphatic carbocycles. The van der Waals surface area contributed by atoms with E-state index < -0.39 is 0 Å². The van der Waals surface area contributed by atoms with Gasteiger partial charge in [0, 0.05) is 0 Å². The molecular weight excluding hydrogens is 200 g/mol. The largest absolute Gasteiger partial charge is 0.496 e. The van der Waals surface area contributed by atoms with Gasteiger partial charge in [0.05, 0.1) is 14.2 Å². The summed E-state index contributed by atoms with van der Waals surface area (Å²) < 4.78 is 10.9. The van der Waals surface area contributed by atoms with E-state index in [0.29, 0.717) is 0 Å². The van der Waals surface area contributed by atoms with Crippen LogP contribution in [-0.2, 0) is 12.8 Å². The molecule has 90 valence electrons. The van der Waals surface area contributed by atoms with Crippen LogP contribution in [0.4, 0.5) is 0 Å². The van der Waals surface area contributed by atoms with Gasteiger partial charge >= 0.3 is 0 Å². The first-order chi connectivity index (χ1) is 7.76. The van der Waals surface area contributed by atoms with E-state index in [4.69, 9.17) is 9.47 Å². The van der Waals surface area contributed by atoms with Crippen LogP contribution in [0.3, 0.4) is 0 Å². The average molecular weight is 222 g/mol. The Morgan fingerprint density at radius 1 is 0.812 bits per heavy atom. The Bertz CT molecular complexity index is 298. The Balaban J connectivity index is 3.11. The van der Waals surface area contributed by atoms with E-state index in [1.165, 1.54) is 11.1 Å². The average Bonchev–Trinajstić information content (AvgIpc) is 2.31. The summed E-state index contributed by atoms with van der Waals surface area (Å²) in [4.78, 5) is 0. The molecule has 0 aliphatic heterocycles. The quantitative estimate of drug-likeness (QED) is 0.732. The maximum absolute atomic E-state index is 5.43. The molecule has 0 saturated carbocycles. The van der Waals surface area contributed by atoms with Gasteiger partial charge in [-0.3, -0.25) is 0 Å². The van der Waals surface area contributed by atoms with E-state index >= 15 is 0 Å². The topological polar surface area (TPSA) is 18.5 Å². The molecule has 1 aromatic rings. The van der Waals surface area contributed by atoms with Crippen molar-refractivity contribution in [1.82, 2.24) is 0 Å². The molecule has 0 N–H and O–H groups in total. The molecule has 0 amide bonds. The first-order valence-electron chi connectivity index (χ1n) is 6.00. The van der Waals surface area contributed by atoms with Crippen LogP contribution in [0.5, 0.6) is 11.5 Å². The smallest absolute Gasteiger partial charge is 0.122 e. The highest BCUT2D eigenvalue weighted by atomic mass is 16.5. The van der Waals surface area contributed by atoms with E-state index in [1.54, 1.807) is 14.2 Å². The second kappa shape index (κ2) is 6.41. The number of methoxy groups -OCH3 is 2. The molecule has 2 heteroatoms. The second-order valence-electron chi connectivity index (χ2n) is 3.98. The zero-order valence-corrected chi connectivity index (χ0v) is 10.8. The summed E-state index contributed by atoms with van der Waals surface area (Å²) in [6.45, 7) is 4.34. The highest BCUT2D eigenvalue weighted by molar-refractivity contribution is 5.46. The highest BCUT2D eigenvalue weighted by Crippen LogP contribution is 2.30. The van der Waals surface area contributed by atoms with Crippen LogP contribution in [0.1, 0.15) is 37.8 Å². The lowest BCUT2D eigenvalue weighted by Crippen LogP contribution is -1.98. The van der Waals surface area contributed by atoms with Crippen LogP contribution in [0.2, 0.25) is 0 Å². The number of benzene rings is 1. The molecule has 16 heavy (non-hydrogen) atoms. The number of ether oxygens (including phenoxy) is 2. The minimum absolute atomic E-state index is 0.992. The molecule has 0 unspecified atom stereocenters. The summed E-state index contributed by atoms with van der Waals surface area (Å²) in [5.41, 5.74) is 2.48. The van der Waals surface area contributed by atoms with Crippen molar-refractivity contribution in [2.45, 2.75) is 39.5 Å². The maximum atomic E-state index is 5.43. The molecule has 0 aliphatic rings. The third kappa shape index (κ3) is 2.91. The van der Waals surface area contributed by atoms with E-state index in [9.17, 15) is 0 Å². The van der Waals surface area contributed by atoms with Gasteiger partial charge in [-0.15, -0.1) is 0 Å². The Labute approximate surface area is 98.6 Å². The monoisotopic (exact) mass is 222 g/mol. The third-order valence-electron chi connectivity index (χ3n) is 2.72. The number of hydrogen-bond acceptors (Lipinski definition) is 2. The van der Waals surface area contributed by atoms with Gasteiger partial charge in [0.2, 0.25) is 0 Å². The summed E-state index contributed by atoms with van der Waals surface area (Å²) in [6, 6.07) is 4.24. The minimum atomic E-state index is 0.992. The van der Waals surface area contributed by atoms with Crippen molar-refractivity contribution in [3.8, 4) is 11.5 Å². The molecule has 0 heterocycles. The van der Waals surface area contributed by atoms with Crippen molar-refractivity contribution in [2.24, 2.45) is 0 Å². The summed E-state index contributed by atoms with van der Waals surface area (Å²) >= 11 is 0. The van der Waals surface area contributed by atoms with Crippen LogP contribution in [-0.4, -0.2) is 14.2 Å². The molecule has 0 atom stereocenters. The van der Waals surface area contributed by atoms with Crippen molar-refractivity contribution in [3.63, 3.8) is 0 Å². The maximum Gasteiger partial charge on any atom is 0.122 e. The molecule has 0 bridgehead atoms. The molecule has 0 spiro atoms. The zero-order chi connectivity index (χ0) is 12.0. The van der Waals surface area contributed by atoms with Crippen LogP contribution in [0.25, 0.3) is 0 Å². The van der Waals surface area contributed by atoms with E-state index in [0.717, 1.165) is 37.2 Å². The van der Waals surface area contributed by atoms with Crippen LogP contribution >= 0.6 is 0 Å². The molecular formula is C14H22O2. The van der Waals surface area contributed by atoms with Crippen LogP contribution < -0.4 is 9.47 Å². The summed E-state index contributed by atoms with van der Waals surface area (Å²) in [6.07, 6.45) is 4.30. The van der Waals surface area contributed by atoms with Gasteiger partial charge < -0.3 is 9.47 Å². The highest BCUT2D eigenvalue weighted by Gasteiger charge is 2.09. The Morgan fingerprint density at radius 2 is 1.19 bits per heavy atom. The molecule has 0 aromatic heterocycles. The van der Waals surface area contributed by atoms with Gasteiger partial charge in [0.15, 0.2) is 0 Å². The summed E-state index contributed by atoms with van der Waals surface area (Å²) in [7, 11) is 3.47. The first-order valence-corrected chi connectivity index (χ1v) is 6.00. The van der Waals surface area contributed by atoms with E-state index in [-0.39, 0.29) is 0 Å². The van der Waals surface area contributed by atoms with Gasteiger partial charge in [-0.1, -0.05) is 26.7 Å². The van der Waals surface area contributed by atoms with Crippen molar-refractivity contribution < 1.29 is 9.47 Å². The van der Waals surface area contributed by atoms with Crippen molar-refractivity contribution in [3.05, 3.63) is 23.3 Å². The number of hydrogen-bond donors (Lipinski definition) is 0. The van der Waals surface area contributed by atoms with Crippen LogP contribution in [0.15, 0.2) is 12.1 Å². The Morgan fingerprint density at radius 3 is 1.44 bits per heavy atom. The molecule has 0 saturated heterocycles. The first kappa shape index (κ1) is 12.9. The minimum Gasteiger partial charge on any atom is -0.496 e. The predicted molar refractivity (Wildman–Crippen MR) is 67.5 cm³/mol. The zero-order valence-electron chi connectivity index (χ0n) is 10.8. The Kier molecular flexibility index (Phi) is 5.17. The molecule has 0 fully saturated rings. The standard InChI is InChI=1S/C14H22O2/c1-5-7-11-9-14(16-4)12(8-6-2)10-13(11)15-3/h9-10H,5-8H2,1-4H3. The third-order valence-corrected chi connectivity index (χ3v) is 2.72. The van der Waals surface area contributed by atoms with Crippen molar-refractivity contribution in [1.29, 1.82) is 0 Å². The summed E-state index contributed by atoms with van der Waals surface area (Å²) in [5, 5.41) is 0. The molecule has 1 aromatic carbocycles. The van der Waals surface area contributed by atoms with Gasteiger partial charge in [-0.25, -0.2) is 0 Å². The SMILES string of the molecule is CCCc1cc(OC)c(CCC)cc1OC. The number of aryl methyl sites for hydroxylation is 2. The van der Waals surface area contributed by atoms with Gasteiger partial charge in [0.1, 0.15) is 11.5 Å². The van der Waals surface area contributed by atoms with Crippen molar-refractivity contribution >= 4 is 0 Å². The Hall–Kier alpha value is -1.18. The fourth-order valence-corrected chi connectivity index (χ4v) is 1.95. The lowest BCUT2D eigenvalue weighted by molar-refractivity contribution is 0.394. The van der Waals surface area contributed by atoms with Gasteiger partial charge in [-0.2, -0.15) is 0 Å².